The third-order valence-electron chi connectivity index (χ3n) is 4.49. The highest BCUT2D eigenvalue weighted by Gasteiger charge is 2.13. The van der Waals surface area contributed by atoms with Crippen LogP contribution in [0.1, 0.15) is 5.69 Å². The van der Waals surface area contributed by atoms with Gasteiger partial charge in [0.05, 0.1) is 17.6 Å². The van der Waals surface area contributed by atoms with Crippen molar-refractivity contribution in [2.75, 3.05) is 36.4 Å². The van der Waals surface area contributed by atoms with E-state index in [1.165, 1.54) is 0 Å². The Hall–Kier alpha value is -3.26. The molecule has 0 bridgehead atoms. The number of primary amides is 1. The highest BCUT2D eigenvalue weighted by molar-refractivity contribution is 5.87. The minimum absolute atomic E-state index is 0.0615. The molecule has 2 aromatic heterocycles. The summed E-state index contributed by atoms with van der Waals surface area (Å²) in [6.07, 6.45) is 1.83. The molecule has 0 spiro atoms. The number of carbonyl (C=O) groups excluding carboxylic acids is 1. The monoisotopic (exact) mass is 363 g/mol. The van der Waals surface area contributed by atoms with Gasteiger partial charge in [-0.25, -0.2) is 15.0 Å². The van der Waals surface area contributed by atoms with Crippen molar-refractivity contribution in [2.45, 2.75) is 6.42 Å². The Kier molecular flexibility index (Phi) is 4.80. The van der Waals surface area contributed by atoms with Crippen LogP contribution in [0.5, 0.6) is 0 Å². The van der Waals surface area contributed by atoms with Gasteiger partial charge in [0.1, 0.15) is 5.82 Å². The zero-order valence-electron chi connectivity index (χ0n) is 14.9. The van der Waals surface area contributed by atoms with Crippen molar-refractivity contribution >= 4 is 34.3 Å². The minimum Gasteiger partial charge on any atom is -0.369 e. The average Bonchev–Trinajstić information content (AvgIpc) is 2.68. The minimum atomic E-state index is -0.427. The molecule has 138 valence electrons. The Morgan fingerprint density at radius 2 is 2.00 bits per heavy atom. The van der Waals surface area contributed by atoms with Gasteiger partial charge in [0.2, 0.25) is 11.9 Å². The average molecular weight is 363 g/mol. The third-order valence-corrected chi connectivity index (χ3v) is 4.49. The number of rotatable bonds is 5. The van der Waals surface area contributed by atoms with E-state index in [4.69, 9.17) is 5.73 Å². The Morgan fingerprint density at radius 3 is 2.81 bits per heavy atom. The molecular weight excluding hydrogens is 342 g/mol. The molecule has 1 saturated heterocycles. The molecule has 4 rings (SSSR count). The van der Waals surface area contributed by atoms with Gasteiger partial charge in [-0.15, -0.1) is 0 Å². The first kappa shape index (κ1) is 17.2. The number of pyridine rings is 1. The molecule has 0 radical (unpaired) electrons. The summed E-state index contributed by atoms with van der Waals surface area (Å²) in [5.41, 5.74) is 7.84. The second-order valence-electron chi connectivity index (χ2n) is 6.42. The van der Waals surface area contributed by atoms with E-state index in [1.807, 2.05) is 36.4 Å². The fourth-order valence-electron chi connectivity index (χ4n) is 3.22. The lowest BCUT2D eigenvalue weighted by atomic mass is 10.1. The van der Waals surface area contributed by atoms with E-state index in [1.54, 1.807) is 6.20 Å². The molecule has 1 fully saturated rings. The van der Waals surface area contributed by atoms with Crippen LogP contribution in [-0.4, -0.2) is 47.0 Å². The number of benzene rings is 1. The fraction of sp³-hybridized carbons (Fsp3) is 0.263. The number of nitrogens with zero attached hydrogens (tertiary/aromatic N) is 4. The van der Waals surface area contributed by atoms with Crippen LogP contribution in [-0.2, 0) is 11.2 Å². The van der Waals surface area contributed by atoms with Gasteiger partial charge >= 0.3 is 0 Å². The van der Waals surface area contributed by atoms with Crippen LogP contribution in [0.4, 0.5) is 17.5 Å². The summed E-state index contributed by atoms with van der Waals surface area (Å²) in [5, 5.41) is 7.33. The zero-order chi connectivity index (χ0) is 18.6. The Morgan fingerprint density at radius 1 is 1.19 bits per heavy atom. The van der Waals surface area contributed by atoms with Crippen LogP contribution >= 0.6 is 0 Å². The van der Waals surface area contributed by atoms with Gasteiger partial charge in [-0.2, -0.15) is 0 Å². The van der Waals surface area contributed by atoms with E-state index in [9.17, 15) is 4.79 Å². The first-order valence-electron chi connectivity index (χ1n) is 8.92. The van der Waals surface area contributed by atoms with Crippen LogP contribution in [0.15, 0.2) is 42.6 Å². The number of amides is 1. The summed E-state index contributed by atoms with van der Waals surface area (Å²) in [7, 11) is 0. The maximum atomic E-state index is 11.4. The van der Waals surface area contributed by atoms with E-state index in [0.29, 0.717) is 17.5 Å². The number of para-hydroxylation sites is 1. The van der Waals surface area contributed by atoms with Gasteiger partial charge < -0.3 is 21.3 Å². The molecule has 8 nitrogen and oxygen atoms in total. The van der Waals surface area contributed by atoms with Crippen molar-refractivity contribution in [1.29, 1.82) is 0 Å². The molecule has 1 amide bonds. The smallest absolute Gasteiger partial charge is 0.229 e. The maximum Gasteiger partial charge on any atom is 0.229 e. The largest absolute Gasteiger partial charge is 0.369 e. The molecule has 3 heterocycles. The fourth-order valence-corrected chi connectivity index (χ4v) is 3.22. The van der Waals surface area contributed by atoms with Crippen molar-refractivity contribution in [3.05, 3.63) is 48.3 Å². The van der Waals surface area contributed by atoms with E-state index >= 15 is 0 Å². The topological polar surface area (TPSA) is 109 Å². The molecule has 1 aliphatic rings. The summed E-state index contributed by atoms with van der Waals surface area (Å²) >= 11 is 0. The van der Waals surface area contributed by atoms with Crippen molar-refractivity contribution in [2.24, 2.45) is 5.73 Å². The number of hydrogen-bond acceptors (Lipinski definition) is 7. The maximum absolute atomic E-state index is 11.4. The number of anilines is 3. The zero-order valence-corrected chi connectivity index (χ0v) is 14.9. The summed E-state index contributed by atoms with van der Waals surface area (Å²) in [6, 6.07) is 11.5. The van der Waals surface area contributed by atoms with E-state index < -0.39 is 5.91 Å². The number of nitrogens with two attached hydrogens (primary N) is 1. The second kappa shape index (κ2) is 7.55. The lowest BCUT2D eigenvalue weighted by Gasteiger charge is -2.29. The van der Waals surface area contributed by atoms with Gasteiger partial charge in [0, 0.05) is 49.5 Å². The standard InChI is InChI=1S/C19H21N7O/c20-17(27)12-16-14-3-1-2-4-15(14)23-19(24-16)25-18-11-13(5-6-22-18)26-9-7-21-8-10-26/h1-6,11,21H,7-10,12H2,(H2,20,27)(H,22,23,24,25). The lowest BCUT2D eigenvalue weighted by molar-refractivity contribution is -0.117. The molecule has 8 heteroatoms. The Bertz CT molecular complexity index is 969. The molecule has 0 saturated carbocycles. The SMILES string of the molecule is NC(=O)Cc1nc(Nc2cc(N3CCNCC3)ccn2)nc2ccccc12. The second-order valence-corrected chi connectivity index (χ2v) is 6.42. The summed E-state index contributed by atoms with van der Waals surface area (Å²) in [4.78, 5) is 27.1. The number of carbonyl (C=O) groups is 1. The van der Waals surface area contributed by atoms with Gasteiger partial charge in [0.15, 0.2) is 0 Å². The number of fused-ring (bicyclic) bond motifs is 1. The Labute approximate surface area is 156 Å². The van der Waals surface area contributed by atoms with Crippen LogP contribution in [0, 0.1) is 0 Å². The normalized spacial score (nSPS) is 14.3. The van der Waals surface area contributed by atoms with Crippen LogP contribution in [0.3, 0.4) is 0 Å². The van der Waals surface area contributed by atoms with Crippen molar-refractivity contribution in [3.63, 3.8) is 0 Å². The van der Waals surface area contributed by atoms with E-state index in [0.717, 1.165) is 42.8 Å². The first-order chi connectivity index (χ1) is 13.2. The van der Waals surface area contributed by atoms with Crippen LogP contribution in [0.25, 0.3) is 10.9 Å². The van der Waals surface area contributed by atoms with Gasteiger partial charge in [-0.3, -0.25) is 4.79 Å². The molecule has 0 aliphatic carbocycles. The number of hydrogen-bond donors (Lipinski definition) is 3. The van der Waals surface area contributed by atoms with Crippen LogP contribution in [0.2, 0.25) is 0 Å². The van der Waals surface area contributed by atoms with Crippen molar-refractivity contribution in [1.82, 2.24) is 20.3 Å². The summed E-state index contributed by atoms with van der Waals surface area (Å²) < 4.78 is 0. The van der Waals surface area contributed by atoms with Gasteiger partial charge in [-0.05, 0) is 12.1 Å². The van der Waals surface area contributed by atoms with Gasteiger partial charge in [0.25, 0.3) is 0 Å². The van der Waals surface area contributed by atoms with E-state index in [-0.39, 0.29) is 6.42 Å². The molecule has 0 unspecified atom stereocenters. The van der Waals surface area contributed by atoms with Crippen molar-refractivity contribution < 1.29 is 4.79 Å². The molecule has 27 heavy (non-hydrogen) atoms. The Balaban J connectivity index is 1.64. The van der Waals surface area contributed by atoms with Crippen LogP contribution < -0.4 is 21.3 Å². The highest BCUT2D eigenvalue weighted by atomic mass is 16.1. The van der Waals surface area contributed by atoms with Gasteiger partial charge in [-0.1, -0.05) is 18.2 Å². The first-order valence-corrected chi connectivity index (χ1v) is 8.92. The number of aromatic nitrogens is 3. The molecule has 0 atom stereocenters. The molecule has 1 aliphatic heterocycles. The quantitative estimate of drug-likeness (QED) is 0.625. The third kappa shape index (κ3) is 3.95. The number of nitrogens with one attached hydrogen (secondary N) is 2. The summed E-state index contributed by atoms with van der Waals surface area (Å²) in [5.74, 6) is 0.630. The predicted octanol–water partition coefficient (Wildman–Crippen LogP) is 1.21. The van der Waals surface area contributed by atoms with E-state index in [2.05, 4.69) is 30.5 Å². The number of piperazine rings is 1. The molecule has 1 aromatic carbocycles. The summed E-state index contributed by atoms with van der Waals surface area (Å²) in [6.45, 7) is 3.85. The molecular formula is C19H21N7O. The molecule has 4 N–H and O–H groups in total. The van der Waals surface area contributed by atoms with Crippen molar-refractivity contribution in [3.8, 4) is 0 Å². The predicted molar refractivity (Wildman–Crippen MR) is 105 cm³/mol. The lowest BCUT2D eigenvalue weighted by Crippen LogP contribution is -2.43. The molecule has 3 aromatic rings. The highest BCUT2D eigenvalue weighted by Crippen LogP contribution is 2.22.